The third-order valence-electron chi connectivity index (χ3n) is 4.54. The Labute approximate surface area is 196 Å². The molecule has 1 aromatic carbocycles. The fourth-order valence-electron chi connectivity index (χ4n) is 3.05. The standard InChI is InChI=1S/C21H32ClN5O.HI/c1-7-23-21(24-13-15(3)28-19-10-8-9-18(22)12-19)25-14(2)11-20-16(4)26-27(6)17(20)5;/h8-10,12,14-15H,7,11,13H2,1-6H3,(H2,23,24,25);1H. The second kappa shape index (κ2) is 12.3. The molecule has 0 aliphatic carbocycles. The lowest BCUT2D eigenvalue weighted by Gasteiger charge is -2.19. The summed E-state index contributed by atoms with van der Waals surface area (Å²) in [6, 6.07) is 7.65. The van der Waals surface area contributed by atoms with Gasteiger partial charge in [0.2, 0.25) is 0 Å². The zero-order valence-electron chi connectivity index (χ0n) is 18.1. The van der Waals surface area contributed by atoms with Crippen LogP contribution in [0.5, 0.6) is 5.75 Å². The smallest absolute Gasteiger partial charge is 0.191 e. The van der Waals surface area contributed by atoms with Crippen LogP contribution in [0.15, 0.2) is 29.3 Å². The van der Waals surface area contributed by atoms with Crippen molar-refractivity contribution in [1.82, 2.24) is 20.4 Å². The van der Waals surface area contributed by atoms with E-state index in [1.165, 1.54) is 11.3 Å². The summed E-state index contributed by atoms with van der Waals surface area (Å²) in [5, 5.41) is 12.0. The van der Waals surface area contributed by atoms with E-state index < -0.39 is 0 Å². The molecule has 0 saturated carbocycles. The van der Waals surface area contributed by atoms with Gasteiger partial charge in [-0.1, -0.05) is 17.7 Å². The number of aliphatic imine (C=N–C) groups is 1. The first-order valence-corrected chi connectivity index (χ1v) is 10.1. The maximum Gasteiger partial charge on any atom is 0.191 e. The van der Waals surface area contributed by atoms with Crippen LogP contribution in [0.1, 0.15) is 37.7 Å². The Bertz CT molecular complexity index is 808. The van der Waals surface area contributed by atoms with Crippen molar-refractivity contribution in [3.63, 3.8) is 0 Å². The molecular weight excluding hydrogens is 501 g/mol. The van der Waals surface area contributed by atoms with E-state index in [0.717, 1.165) is 30.4 Å². The van der Waals surface area contributed by atoms with Crippen molar-refractivity contribution in [2.45, 2.75) is 53.2 Å². The van der Waals surface area contributed by atoms with Gasteiger partial charge in [-0.25, -0.2) is 4.99 Å². The Kier molecular flexibility index (Phi) is 10.8. The maximum absolute atomic E-state index is 6.01. The zero-order valence-corrected chi connectivity index (χ0v) is 21.2. The molecule has 1 heterocycles. The van der Waals surface area contributed by atoms with Crippen LogP contribution in [0.25, 0.3) is 0 Å². The van der Waals surface area contributed by atoms with Gasteiger partial charge in [0.1, 0.15) is 11.9 Å². The van der Waals surface area contributed by atoms with E-state index in [1.807, 2.05) is 42.9 Å². The molecule has 2 atom stereocenters. The van der Waals surface area contributed by atoms with E-state index in [2.05, 4.69) is 48.4 Å². The van der Waals surface area contributed by atoms with Gasteiger partial charge in [-0.15, -0.1) is 24.0 Å². The van der Waals surface area contributed by atoms with Gasteiger partial charge in [0.25, 0.3) is 0 Å². The van der Waals surface area contributed by atoms with Crippen molar-refractivity contribution < 1.29 is 4.74 Å². The largest absolute Gasteiger partial charge is 0.489 e. The monoisotopic (exact) mass is 533 g/mol. The highest BCUT2D eigenvalue weighted by molar-refractivity contribution is 14.0. The number of nitrogens with one attached hydrogen (secondary N) is 2. The third-order valence-corrected chi connectivity index (χ3v) is 4.77. The molecule has 0 bridgehead atoms. The Hall–Kier alpha value is -1.48. The lowest BCUT2D eigenvalue weighted by atomic mass is 10.1. The lowest BCUT2D eigenvalue weighted by molar-refractivity contribution is 0.230. The van der Waals surface area contributed by atoms with Crippen molar-refractivity contribution in [3.05, 3.63) is 46.2 Å². The van der Waals surface area contributed by atoms with E-state index in [-0.39, 0.29) is 36.1 Å². The molecule has 8 heteroatoms. The number of rotatable bonds is 8. The molecule has 29 heavy (non-hydrogen) atoms. The molecule has 1 aromatic heterocycles. The molecule has 2 rings (SSSR count). The Balaban J connectivity index is 0.00000420. The van der Waals surface area contributed by atoms with Gasteiger partial charge >= 0.3 is 0 Å². The van der Waals surface area contributed by atoms with Crippen molar-refractivity contribution >= 4 is 41.5 Å². The van der Waals surface area contributed by atoms with E-state index in [9.17, 15) is 0 Å². The number of hydrogen-bond acceptors (Lipinski definition) is 3. The van der Waals surface area contributed by atoms with Gasteiger partial charge < -0.3 is 15.4 Å². The van der Waals surface area contributed by atoms with Gasteiger partial charge in [-0.2, -0.15) is 5.10 Å². The summed E-state index contributed by atoms with van der Waals surface area (Å²) < 4.78 is 7.84. The molecule has 0 spiro atoms. The number of aromatic nitrogens is 2. The minimum Gasteiger partial charge on any atom is -0.489 e. The molecule has 6 nitrogen and oxygen atoms in total. The number of benzene rings is 1. The molecule has 0 aliphatic rings. The normalized spacial score (nSPS) is 13.4. The molecule has 162 valence electrons. The molecule has 2 unspecified atom stereocenters. The van der Waals surface area contributed by atoms with Crippen LogP contribution >= 0.6 is 35.6 Å². The molecule has 0 amide bonds. The average molecular weight is 534 g/mol. The number of ether oxygens (including phenoxy) is 1. The highest BCUT2D eigenvalue weighted by Crippen LogP contribution is 2.18. The summed E-state index contributed by atoms with van der Waals surface area (Å²) in [7, 11) is 1.98. The van der Waals surface area contributed by atoms with Crippen LogP contribution in [0.3, 0.4) is 0 Å². The average Bonchev–Trinajstić information content (AvgIpc) is 2.86. The van der Waals surface area contributed by atoms with Crippen molar-refractivity contribution in [2.75, 3.05) is 13.1 Å². The predicted molar refractivity (Wildman–Crippen MR) is 132 cm³/mol. The van der Waals surface area contributed by atoms with Crippen LogP contribution in [0, 0.1) is 13.8 Å². The number of aryl methyl sites for hydroxylation is 2. The van der Waals surface area contributed by atoms with Gasteiger partial charge in [-0.3, -0.25) is 4.68 Å². The zero-order chi connectivity index (χ0) is 20.7. The van der Waals surface area contributed by atoms with E-state index in [4.69, 9.17) is 16.3 Å². The summed E-state index contributed by atoms with van der Waals surface area (Å²) >= 11 is 6.01. The maximum atomic E-state index is 6.01. The molecular formula is C21H33ClIN5O. The minimum absolute atomic E-state index is 0. The fourth-order valence-corrected chi connectivity index (χ4v) is 3.23. The van der Waals surface area contributed by atoms with Crippen LogP contribution < -0.4 is 15.4 Å². The summed E-state index contributed by atoms with van der Waals surface area (Å²) in [6.45, 7) is 11.7. The third kappa shape index (κ3) is 8.04. The van der Waals surface area contributed by atoms with Crippen LogP contribution in [-0.4, -0.2) is 41.0 Å². The fraction of sp³-hybridized carbons (Fsp3) is 0.524. The molecule has 0 aliphatic heterocycles. The summed E-state index contributed by atoms with van der Waals surface area (Å²) in [4.78, 5) is 4.68. The quantitative estimate of drug-likeness (QED) is 0.302. The second-order valence-electron chi connectivity index (χ2n) is 7.13. The van der Waals surface area contributed by atoms with Gasteiger partial charge in [0, 0.05) is 30.4 Å². The van der Waals surface area contributed by atoms with Crippen LogP contribution in [0.4, 0.5) is 0 Å². The van der Waals surface area contributed by atoms with Gasteiger partial charge in [-0.05, 0) is 64.8 Å². The number of hydrogen-bond donors (Lipinski definition) is 2. The topological polar surface area (TPSA) is 63.5 Å². The van der Waals surface area contributed by atoms with Gasteiger partial charge in [0.05, 0.1) is 12.2 Å². The van der Waals surface area contributed by atoms with E-state index in [0.29, 0.717) is 11.6 Å². The van der Waals surface area contributed by atoms with Gasteiger partial charge in [0.15, 0.2) is 5.96 Å². The molecule has 2 aromatic rings. The first kappa shape index (κ1) is 25.6. The highest BCUT2D eigenvalue weighted by atomic mass is 127. The lowest BCUT2D eigenvalue weighted by Crippen LogP contribution is -2.43. The highest BCUT2D eigenvalue weighted by Gasteiger charge is 2.14. The Morgan fingerprint density at radius 3 is 2.62 bits per heavy atom. The first-order valence-electron chi connectivity index (χ1n) is 9.76. The van der Waals surface area contributed by atoms with Crippen molar-refractivity contribution in [1.29, 1.82) is 0 Å². The number of halogens is 2. The summed E-state index contributed by atoms with van der Waals surface area (Å²) in [5.41, 5.74) is 3.58. The van der Waals surface area contributed by atoms with E-state index >= 15 is 0 Å². The number of nitrogens with zero attached hydrogens (tertiary/aromatic N) is 3. The Morgan fingerprint density at radius 2 is 2.03 bits per heavy atom. The van der Waals surface area contributed by atoms with Crippen LogP contribution in [-0.2, 0) is 13.5 Å². The molecule has 0 radical (unpaired) electrons. The molecule has 0 saturated heterocycles. The Morgan fingerprint density at radius 1 is 1.31 bits per heavy atom. The minimum atomic E-state index is -0.0629. The van der Waals surface area contributed by atoms with Crippen molar-refractivity contribution in [2.24, 2.45) is 12.0 Å². The number of guanidine groups is 1. The second-order valence-corrected chi connectivity index (χ2v) is 7.56. The molecule has 0 fully saturated rings. The summed E-state index contributed by atoms with van der Waals surface area (Å²) in [5.74, 6) is 1.54. The summed E-state index contributed by atoms with van der Waals surface area (Å²) in [6.07, 6.45) is 0.830. The predicted octanol–water partition coefficient (Wildman–Crippen LogP) is 4.26. The first-order chi connectivity index (χ1) is 13.3. The van der Waals surface area contributed by atoms with E-state index in [1.54, 1.807) is 0 Å². The van der Waals surface area contributed by atoms with Crippen LogP contribution in [0.2, 0.25) is 5.02 Å². The SMILES string of the molecule is CCNC(=NCC(C)Oc1cccc(Cl)c1)NC(C)Cc1c(C)nn(C)c1C.I. The van der Waals surface area contributed by atoms with Crippen molar-refractivity contribution in [3.8, 4) is 5.75 Å². The molecule has 2 N–H and O–H groups in total.